The first-order valence-electron chi connectivity index (χ1n) is 4.98. The van der Waals surface area contributed by atoms with Crippen molar-refractivity contribution >= 4 is 5.91 Å². The summed E-state index contributed by atoms with van der Waals surface area (Å²) in [5, 5.41) is 20.2. The molecule has 0 atom stereocenters. The normalized spacial score (nSPS) is 13.1. The minimum absolute atomic E-state index is 0.275. The molecule has 0 radical (unpaired) electrons. The molecule has 0 aromatic carbocycles. The van der Waals surface area contributed by atoms with E-state index in [1.807, 2.05) is 0 Å². The second-order valence-corrected chi connectivity index (χ2v) is 4.88. The Morgan fingerprint density at radius 3 is 1.93 bits per heavy atom. The molecule has 5 nitrogen and oxygen atoms in total. The van der Waals surface area contributed by atoms with Crippen LogP contribution < -0.4 is 11.1 Å². The maximum Gasteiger partial charge on any atom is 0.227 e. The molecule has 0 saturated carbocycles. The van der Waals surface area contributed by atoms with Crippen LogP contribution in [0.1, 0.15) is 27.7 Å². The lowest BCUT2D eigenvalue weighted by atomic mass is 9.74. The molecule has 0 heterocycles. The maximum atomic E-state index is 11.8. The SMILES string of the molecule is CC(C)(N)C(C)(C)C(=O)NC(CO)CO. The van der Waals surface area contributed by atoms with Crippen molar-refractivity contribution in [3.63, 3.8) is 0 Å². The van der Waals surface area contributed by atoms with Gasteiger partial charge in [-0.05, 0) is 27.7 Å². The van der Waals surface area contributed by atoms with Gasteiger partial charge in [0.05, 0.1) is 24.7 Å². The highest BCUT2D eigenvalue weighted by Crippen LogP contribution is 2.28. The van der Waals surface area contributed by atoms with E-state index in [-0.39, 0.29) is 19.1 Å². The fourth-order valence-corrected chi connectivity index (χ4v) is 0.807. The molecule has 15 heavy (non-hydrogen) atoms. The molecule has 0 unspecified atom stereocenters. The number of aliphatic hydroxyl groups is 2. The highest BCUT2D eigenvalue weighted by molar-refractivity contribution is 5.83. The Bertz CT molecular complexity index is 217. The minimum Gasteiger partial charge on any atom is -0.394 e. The summed E-state index contributed by atoms with van der Waals surface area (Å²) in [5.74, 6) is -0.275. The van der Waals surface area contributed by atoms with Crippen molar-refractivity contribution in [3.8, 4) is 0 Å². The summed E-state index contributed by atoms with van der Waals surface area (Å²) in [6.45, 7) is 6.41. The Morgan fingerprint density at radius 2 is 1.67 bits per heavy atom. The molecular weight excluding hydrogens is 196 g/mol. The first kappa shape index (κ1) is 14.3. The maximum absolute atomic E-state index is 11.8. The Kier molecular flexibility index (Phi) is 4.70. The molecule has 5 heteroatoms. The van der Waals surface area contributed by atoms with Gasteiger partial charge in [0.2, 0.25) is 5.91 Å². The van der Waals surface area contributed by atoms with Gasteiger partial charge in [-0.3, -0.25) is 4.79 Å². The summed E-state index contributed by atoms with van der Waals surface area (Å²) >= 11 is 0. The van der Waals surface area contributed by atoms with E-state index in [0.29, 0.717) is 0 Å². The molecule has 0 aliphatic heterocycles. The number of carbonyl (C=O) groups excluding carboxylic acids is 1. The van der Waals surface area contributed by atoms with Crippen molar-refractivity contribution in [3.05, 3.63) is 0 Å². The third-order valence-corrected chi connectivity index (χ3v) is 2.95. The van der Waals surface area contributed by atoms with Gasteiger partial charge < -0.3 is 21.3 Å². The minimum atomic E-state index is -0.768. The third-order valence-electron chi connectivity index (χ3n) is 2.95. The molecule has 0 aromatic rings. The predicted molar refractivity (Wildman–Crippen MR) is 58.1 cm³/mol. The number of hydrogen-bond donors (Lipinski definition) is 4. The number of nitrogens with one attached hydrogen (secondary N) is 1. The number of carbonyl (C=O) groups is 1. The number of amides is 1. The molecule has 0 saturated heterocycles. The van der Waals surface area contributed by atoms with Crippen molar-refractivity contribution in [2.45, 2.75) is 39.3 Å². The molecule has 0 aliphatic carbocycles. The van der Waals surface area contributed by atoms with Gasteiger partial charge in [-0.15, -0.1) is 0 Å². The van der Waals surface area contributed by atoms with Gasteiger partial charge in [-0.1, -0.05) is 0 Å². The third kappa shape index (κ3) is 3.44. The van der Waals surface area contributed by atoms with E-state index in [9.17, 15) is 4.79 Å². The van der Waals surface area contributed by atoms with Gasteiger partial charge >= 0.3 is 0 Å². The molecule has 1 amide bonds. The average Bonchev–Trinajstić information content (AvgIpc) is 2.11. The summed E-state index contributed by atoms with van der Waals surface area (Å²) in [5.41, 5.74) is 4.44. The fourth-order valence-electron chi connectivity index (χ4n) is 0.807. The molecule has 0 fully saturated rings. The molecule has 0 aromatic heterocycles. The molecule has 5 N–H and O–H groups in total. The molecule has 0 spiro atoms. The lowest BCUT2D eigenvalue weighted by Crippen LogP contribution is -2.57. The first-order valence-corrected chi connectivity index (χ1v) is 4.98. The standard InChI is InChI=1S/C10H22N2O3/c1-9(2,10(3,4)11)8(15)12-7(5-13)6-14/h7,13-14H,5-6,11H2,1-4H3,(H,12,15). The fraction of sp³-hybridized carbons (Fsp3) is 0.900. The summed E-state index contributed by atoms with van der Waals surface area (Å²) < 4.78 is 0. The van der Waals surface area contributed by atoms with E-state index in [2.05, 4.69) is 5.32 Å². The number of nitrogens with two attached hydrogens (primary N) is 1. The van der Waals surface area contributed by atoms with Crippen molar-refractivity contribution in [1.82, 2.24) is 5.32 Å². The summed E-state index contributed by atoms with van der Waals surface area (Å²) in [4.78, 5) is 11.8. The summed E-state index contributed by atoms with van der Waals surface area (Å²) in [7, 11) is 0. The zero-order chi connectivity index (χ0) is 12.3. The van der Waals surface area contributed by atoms with E-state index in [1.54, 1.807) is 27.7 Å². The van der Waals surface area contributed by atoms with Crippen LogP contribution in [-0.2, 0) is 4.79 Å². The largest absolute Gasteiger partial charge is 0.394 e. The first-order chi connectivity index (χ1) is 6.66. The lowest BCUT2D eigenvalue weighted by molar-refractivity contribution is -0.133. The van der Waals surface area contributed by atoms with Crippen molar-refractivity contribution in [1.29, 1.82) is 0 Å². The molecule has 90 valence electrons. The van der Waals surface area contributed by atoms with Crippen LogP contribution in [0, 0.1) is 5.41 Å². The quantitative estimate of drug-likeness (QED) is 0.487. The number of hydrogen-bond acceptors (Lipinski definition) is 4. The van der Waals surface area contributed by atoms with Crippen molar-refractivity contribution in [2.24, 2.45) is 11.1 Å². The van der Waals surface area contributed by atoms with Crippen LogP contribution in [0.4, 0.5) is 0 Å². The zero-order valence-corrected chi connectivity index (χ0v) is 9.87. The van der Waals surface area contributed by atoms with E-state index >= 15 is 0 Å². The van der Waals surface area contributed by atoms with E-state index in [1.165, 1.54) is 0 Å². The van der Waals surface area contributed by atoms with E-state index in [0.717, 1.165) is 0 Å². The molecule has 0 rings (SSSR count). The van der Waals surface area contributed by atoms with Crippen LogP contribution in [0.25, 0.3) is 0 Å². The number of rotatable bonds is 5. The Balaban J connectivity index is 4.58. The smallest absolute Gasteiger partial charge is 0.227 e. The summed E-state index contributed by atoms with van der Waals surface area (Å²) in [6.07, 6.45) is 0. The molecular formula is C10H22N2O3. The van der Waals surface area contributed by atoms with E-state index < -0.39 is 17.0 Å². The predicted octanol–water partition coefficient (Wildman–Crippen LogP) is -0.781. The van der Waals surface area contributed by atoms with Gasteiger partial charge in [0.1, 0.15) is 0 Å². The second-order valence-electron chi connectivity index (χ2n) is 4.88. The summed E-state index contributed by atoms with van der Waals surface area (Å²) in [6, 6.07) is -0.626. The van der Waals surface area contributed by atoms with E-state index in [4.69, 9.17) is 15.9 Å². The second kappa shape index (κ2) is 4.92. The number of aliphatic hydroxyl groups excluding tert-OH is 2. The Labute approximate surface area is 90.7 Å². The topological polar surface area (TPSA) is 95.6 Å². The van der Waals surface area contributed by atoms with Crippen molar-refractivity contribution in [2.75, 3.05) is 13.2 Å². The van der Waals surface area contributed by atoms with Crippen LogP contribution >= 0.6 is 0 Å². The van der Waals surface area contributed by atoms with Crippen LogP contribution in [-0.4, -0.2) is 40.9 Å². The lowest BCUT2D eigenvalue weighted by Gasteiger charge is -2.37. The van der Waals surface area contributed by atoms with Crippen LogP contribution in [0.2, 0.25) is 0 Å². The average molecular weight is 218 g/mol. The highest BCUT2D eigenvalue weighted by atomic mass is 16.3. The highest BCUT2D eigenvalue weighted by Gasteiger charge is 2.40. The van der Waals surface area contributed by atoms with Crippen LogP contribution in [0.15, 0.2) is 0 Å². The van der Waals surface area contributed by atoms with Crippen molar-refractivity contribution < 1.29 is 15.0 Å². The molecule has 0 bridgehead atoms. The van der Waals surface area contributed by atoms with Gasteiger partial charge in [0, 0.05) is 5.54 Å². The molecule has 0 aliphatic rings. The van der Waals surface area contributed by atoms with Crippen LogP contribution in [0.5, 0.6) is 0 Å². The Morgan fingerprint density at radius 1 is 1.27 bits per heavy atom. The van der Waals surface area contributed by atoms with Gasteiger partial charge in [-0.2, -0.15) is 0 Å². The van der Waals surface area contributed by atoms with Gasteiger partial charge in [-0.25, -0.2) is 0 Å². The van der Waals surface area contributed by atoms with Gasteiger partial charge in [0.15, 0.2) is 0 Å². The monoisotopic (exact) mass is 218 g/mol. The van der Waals surface area contributed by atoms with Crippen LogP contribution in [0.3, 0.4) is 0 Å². The Hall–Kier alpha value is -0.650. The zero-order valence-electron chi connectivity index (χ0n) is 9.87. The van der Waals surface area contributed by atoms with Gasteiger partial charge in [0.25, 0.3) is 0 Å².